The lowest BCUT2D eigenvalue weighted by molar-refractivity contribution is 0.142. The summed E-state index contributed by atoms with van der Waals surface area (Å²) in [5.41, 5.74) is 0. The Morgan fingerprint density at radius 2 is 1.73 bits per heavy atom. The van der Waals surface area contributed by atoms with Crippen LogP contribution in [0.2, 0.25) is 0 Å². The molecule has 11 heavy (non-hydrogen) atoms. The molecule has 1 heterocycles. The van der Waals surface area contributed by atoms with E-state index in [4.69, 9.17) is 5.11 Å². The third-order valence-corrected chi connectivity index (χ3v) is 1.27. The summed E-state index contributed by atoms with van der Waals surface area (Å²) in [6.07, 6.45) is 2.03. The Hall–Kier alpha value is -0.0800. The van der Waals surface area contributed by atoms with E-state index in [1.54, 1.807) is 0 Å². The number of aliphatic hydroxyl groups excluding tert-OH is 1. The summed E-state index contributed by atoms with van der Waals surface area (Å²) in [5, 5.41) is 11.9. The van der Waals surface area contributed by atoms with Crippen molar-refractivity contribution in [1.29, 1.82) is 0 Å². The van der Waals surface area contributed by atoms with Crippen molar-refractivity contribution >= 4 is 0 Å². The fraction of sp³-hybridized carbons (Fsp3) is 1.00. The topological polar surface area (TPSA) is 32.3 Å². The van der Waals surface area contributed by atoms with Gasteiger partial charge in [0.2, 0.25) is 0 Å². The zero-order chi connectivity index (χ0) is 9.11. The van der Waals surface area contributed by atoms with Crippen LogP contribution in [0.3, 0.4) is 0 Å². The van der Waals surface area contributed by atoms with Crippen molar-refractivity contribution in [2.24, 2.45) is 0 Å². The number of hydrogen-bond acceptors (Lipinski definition) is 2. The van der Waals surface area contributed by atoms with Gasteiger partial charge in [-0.05, 0) is 19.4 Å². The molecule has 0 radical (unpaired) electrons. The molecule has 70 valence electrons. The first kappa shape index (κ1) is 13.5. The van der Waals surface area contributed by atoms with Gasteiger partial charge >= 0.3 is 0 Å². The predicted octanol–water partition coefficient (Wildman–Crippen LogP) is 1.78. The van der Waals surface area contributed by atoms with E-state index in [0.717, 1.165) is 25.9 Å². The van der Waals surface area contributed by atoms with E-state index in [0.29, 0.717) is 0 Å². The van der Waals surface area contributed by atoms with Crippen LogP contribution in [0.15, 0.2) is 0 Å². The van der Waals surface area contributed by atoms with E-state index in [2.05, 4.69) is 5.32 Å². The lowest BCUT2D eigenvalue weighted by atomic mass is 10.1. The summed E-state index contributed by atoms with van der Waals surface area (Å²) in [4.78, 5) is 0. The molecule has 0 amide bonds. The first-order valence-electron chi connectivity index (χ1n) is 4.78. The van der Waals surface area contributed by atoms with Crippen molar-refractivity contribution in [3.63, 3.8) is 0 Å². The van der Waals surface area contributed by atoms with Crippen molar-refractivity contribution in [2.75, 3.05) is 13.1 Å². The zero-order valence-corrected chi connectivity index (χ0v) is 8.35. The highest BCUT2D eigenvalue weighted by atomic mass is 16.3. The van der Waals surface area contributed by atoms with Gasteiger partial charge in [-0.2, -0.15) is 0 Å². The molecule has 2 N–H and O–H groups in total. The summed E-state index contributed by atoms with van der Waals surface area (Å²) >= 11 is 0. The predicted molar refractivity (Wildman–Crippen MR) is 50.8 cm³/mol. The second-order valence-corrected chi connectivity index (χ2v) is 2.00. The fourth-order valence-corrected chi connectivity index (χ4v) is 0.833. The molecule has 1 saturated heterocycles. The quantitative estimate of drug-likeness (QED) is 0.567. The van der Waals surface area contributed by atoms with Crippen LogP contribution in [-0.4, -0.2) is 24.3 Å². The van der Waals surface area contributed by atoms with E-state index < -0.39 is 0 Å². The highest BCUT2D eigenvalue weighted by Crippen LogP contribution is 1.98. The minimum Gasteiger partial charge on any atom is -0.392 e. The molecule has 0 aliphatic carbocycles. The van der Waals surface area contributed by atoms with Crippen LogP contribution in [0.5, 0.6) is 0 Å². The Balaban J connectivity index is 0. The molecule has 1 aliphatic heterocycles. The van der Waals surface area contributed by atoms with Gasteiger partial charge in [0.1, 0.15) is 0 Å². The van der Waals surface area contributed by atoms with Crippen LogP contribution in [0.4, 0.5) is 0 Å². The van der Waals surface area contributed by atoms with Gasteiger partial charge in [-0.25, -0.2) is 0 Å². The Labute approximate surface area is 71.0 Å². The van der Waals surface area contributed by atoms with Crippen molar-refractivity contribution in [3.8, 4) is 0 Å². The van der Waals surface area contributed by atoms with Crippen LogP contribution in [0.25, 0.3) is 0 Å². The molecular formula is C9H23NO. The van der Waals surface area contributed by atoms with Gasteiger partial charge in [0, 0.05) is 6.54 Å². The smallest absolute Gasteiger partial charge is 0.0665 e. The molecule has 0 aromatic carbocycles. The molecule has 0 saturated carbocycles. The molecule has 2 heteroatoms. The molecule has 0 aromatic rings. The molecule has 0 aromatic heterocycles. The van der Waals surface area contributed by atoms with Gasteiger partial charge < -0.3 is 10.4 Å². The molecule has 0 bridgehead atoms. The summed E-state index contributed by atoms with van der Waals surface area (Å²) in [6.45, 7) is 9.87. The highest BCUT2D eigenvalue weighted by Gasteiger charge is 2.06. The van der Waals surface area contributed by atoms with E-state index in [1.165, 1.54) is 0 Å². The van der Waals surface area contributed by atoms with Crippen LogP contribution in [0, 0.1) is 0 Å². The second-order valence-electron chi connectivity index (χ2n) is 2.00. The highest BCUT2D eigenvalue weighted by molar-refractivity contribution is 4.65. The summed E-state index contributed by atoms with van der Waals surface area (Å²) in [6, 6.07) is 0. The summed E-state index contributed by atoms with van der Waals surface area (Å²) in [5.74, 6) is 0. The third-order valence-electron chi connectivity index (χ3n) is 1.27. The molecule has 1 atom stereocenters. The molecule has 1 rings (SSSR count). The van der Waals surface area contributed by atoms with Crippen LogP contribution < -0.4 is 5.32 Å². The van der Waals surface area contributed by atoms with Crippen LogP contribution >= 0.6 is 0 Å². The monoisotopic (exact) mass is 161 g/mol. The molecule has 1 fully saturated rings. The van der Waals surface area contributed by atoms with Crippen molar-refractivity contribution in [1.82, 2.24) is 5.32 Å². The second kappa shape index (κ2) is 12.6. The zero-order valence-electron chi connectivity index (χ0n) is 8.35. The molecular weight excluding hydrogens is 138 g/mol. The van der Waals surface area contributed by atoms with Crippen LogP contribution in [0.1, 0.15) is 40.5 Å². The summed E-state index contributed by atoms with van der Waals surface area (Å²) < 4.78 is 0. The van der Waals surface area contributed by atoms with Crippen LogP contribution in [-0.2, 0) is 0 Å². The standard InChI is InChI=1S/C5H11NO.2C2H6/c7-5-2-1-3-6-4-5;2*1-2/h5-7H,1-4H2;2*1-2H3. The molecule has 0 spiro atoms. The first-order valence-corrected chi connectivity index (χ1v) is 4.78. The SMILES string of the molecule is CC.CC.OC1CCCNC1. The van der Waals surface area contributed by atoms with Gasteiger partial charge in [0.15, 0.2) is 0 Å². The van der Waals surface area contributed by atoms with Gasteiger partial charge in [-0.1, -0.05) is 27.7 Å². The minimum atomic E-state index is -0.0752. The Bertz CT molecular complexity index is 51.5. The number of piperidine rings is 1. The van der Waals surface area contributed by atoms with Gasteiger partial charge in [0.25, 0.3) is 0 Å². The maximum absolute atomic E-state index is 8.85. The number of aliphatic hydroxyl groups is 1. The lowest BCUT2D eigenvalue weighted by Crippen LogP contribution is -2.33. The maximum atomic E-state index is 8.85. The maximum Gasteiger partial charge on any atom is 0.0665 e. The lowest BCUT2D eigenvalue weighted by Gasteiger charge is -2.16. The Kier molecular flexibility index (Phi) is 15.4. The third kappa shape index (κ3) is 9.92. The molecule has 1 unspecified atom stereocenters. The molecule has 2 nitrogen and oxygen atoms in total. The van der Waals surface area contributed by atoms with Crippen molar-refractivity contribution in [3.05, 3.63) is 0 Å². The average Bonchev–Trinajstić information content (AvgIpc) is 2.13. The van der Waals surface area contributed by atoms with Gasteiger partial charge in [-0.3, -0.25) is 0 Å². The number of β-amino-alcohol motifs (C(OH)–C–C–N with tert-alkyl or cyclic N) is 1. The average molecular weight is 161 g/mol. The normalized spacial score (nSPS) is 22.1. The number of nitrogens with one attached hydrogen (secondary N) is 1. The minimum absolute atomic E-state index is 0.0752. The van der Waals surface area contributed by atoms with E-state index in [9.17, 15) is 0 Å². The van der Waals surface area contributed by atoms with Crippen molar-refractivity contribution in [2.45, 2.75) is 46.6 Å². The van der Waals surface area contributed by atoms with E-state index in [-0.39, 0.29) is 6.10 Å². The van der Waals surface area contributed by atoms with Crippen molar-refractivity contribution < 1.29 is 5.11 Å². The Morgan fingerprint density at radius 1 is 1.18 bits per heavy atom. The van der Waals surface area contributed by atoms with Gasteiger partial charge in [-0.15, -0.1) is 0 Å². The van der Waals surface area contributed by atoms with Gasteiger partial charge in [0.05, 0.1) is 6.10 Å². The Morgan fingerprint density at radius 3 is 1.91 bits per heavy atom. The largest absolute Gasteiger partial charge is 0.392 e. The van der Waals surface area contributed by atoms with E-state index >= 15 is 0 Å². The van der Waals surface area contributed by atoms with E-state index in [1.807, 2.05) is 27.7 Å². The molecule has 1 aliphatic rings. The summed E-state index contributed by atoms with van der Waals surface area (Å²) in [7, 11) is 0. The number of rotatable bonds is 0. The first-order chi connectivity index (χ1) is 5.39. The fourth-order valence-electron chi connectivity index (χ4n) is 0.833. The number of hydrogen-bond donors (Lipinski definition) is 2.